The molecule has 1 rings (SSSR count). The van der Waals surface area contributed by atoms with E-state index in [0.29, 0.717) is 4.88 Å². The van der Waals surface area contributed by atoms with Gasteiger partial charge in [0.1, 0.15) is 6.07 Å². The molecule has 13 heavy (non-hydrogen) atoms. The van der Waals surface area contributed by atoms with E-state index in [1.807, 2.05) is 6.07 Å². The third-order valence-electron chi connectivity index (χ3n) is 1.30. The van der Waals surface area contributed by atoms with Gasteiger partial charge in [0.05, 0.1) is 12.0 Å². The molecule has 0 unspecified atom stereocenters. The second kappa shape index (κ2) is 4.48. The number of hydrogen-bond donors (Lipinski definition) is 0. The molecule has 0 spiro atoms. The van der Waals surface area contributed by atoms with E-state index in [2.05, 4.69) is 9.47 Å². The SMILES string of the molecule is COC(=O)O[C@H](C#N)c1cccs1. The first kappa shape index (κ1) is 9.55. The standard InChI is InChI=1S/C8H7NO3S/c1-11-8(10)12-6(5-9)7-3-2-4-13-7/h2-4,6H,1H3/t6-/m1/s1. The minimum absolute atomic E-state index is 0.688. The molecule has 0 fully saturated rings. The van der Waals surface area contributed by atoms with Crippen molar-refractivity contribution >= 4 is 17.5 Å². The van der Waals surface area contributed by atoms with Gasteiger partial charge in [0.25, 0.3) is 0 Å². The van der Waals surface area contributed by atoms with Gasteiger partial charge in [-0.15, -0.1) is 11.3 Å². The molecule has 0 saturated heterocycles. The third-order valence-corrected chi connectivity index (χ3v) is 2.22. The molecule has 0 amide bonds. The lowest BCUT2D eigenvalue weighted by atomic mass is 10.3. The van der Waals surface area contributed by atoms with Crippen LogP contribution in [0.3, 0.4) is 0 Å². The highest BCUT2D eigenvalue weighted by Gasteiger charge is 2.16. The van der Waals surface area contributed by atoms with Crippen molar-refractivity contribution < 1.29 is 14.3 Å². The third kappa shape index (κ3) is 2.46. The number of nitrogens with zero attached hydrogens (tertiary/aromatic N) is 1. The van der Waals surface area contributed by atoms with Crippen LogP contribution < -0.4 is 0 Å². The number of nitriles is 1. The van der Waals surface area contributed by atoms with Gasteiger partial charge in [-0.3, -0.25) is 0 Å². The molecule has 0 radical (unpaired) electrons. The molecule has 0 aliphatic carbocycles. The minimum atomic E-state index is -0.868. The number of carbonyl (C=O) groups excluding carboxylic acids is 1. The van der Waals surface area contributed by atoms with Crippen LogP contribution in [0.15, 0.2) is 17.5 Å². The van der Waals surface area contributed by atoms with Crippen molar-refractivity contribution in [2.45, 2.75) is 6.10 Å². The number of ether oxygens (including phenoxy) is 2. The molecule has 1 atom stereocenters. The molecule has 0 aliphatic rings. The Kier molecular flexibility index (Phi) is 3.29. The topological polar surface area (TPSA) is 59.3 Å². The highest BCUT2D eigenvalue weighted by Crippen LogP contribution is 2.21. The second-order valence-corrected chi connectivity index (χ2v) is 3.08. The summed E-state index contributed by atoms with van der Waals surface area (Å²) >= 11 is 1.35. The van der Waals surface area contributed by atoms with Crippen molar-refractivity contribution in [3.63, 3.8) is 0 Å². The average molecular weight is 197 g/mol. The molecule has 0 bridgehead atoms. The Hall–Kier alpha value is -1.54. The van der Waals surface area contributed by atoms with E-state index < -0.39 is 12.3 Å². The van der Waals surface area contributed by atoms with Gasteiger partial charge in [-0.1, -0.05) is 6.07 Å². The molecule has 0 aliphatic heterocycles. The Bertz CT molecular complexity index is 315. The maximum Gasteiger partial charge on any atom is 0.509 e. The molecule has 1 aromatic heterocycles. The zero-order valence-electron chi connectivity index (χ0n) is 6.89. The second-order valence-electron chi connectivity index (χ2n) is 2.10. The summed E-state index contributed by atoms with van der Waals surface area (Å²) in [6.45, 7) is 0. The van der Waals surface area contributed by atoms with E-state index in [9.17, 15) is 4.79 Å². The molecular weight excluding hydrogens is 190 g/mol. The normalized spacial score (nSPS) is 11.4. The van der Waals surface area contributed by atoms with Gasteiger partial charge in [-0.05, 0) is 11.4 Å². The fourth-order valence-electron chi connectivity index (χ4n) is 0.733. The van der Waals surface area contributed by atoms with Crippen LogP contribution in [0.4, 0.5) is 4.79 Å². The van der Waals surface area contributed by atoms with Gasteiger partial charge in [0.15, 0.2) is 0 Å². The van der Waals surface area contributed by atoms with Crippen molar-refractivity contribution in [2.24, 2.45) is 0 Å². The van der Waals surface area contributed by atoms with Gasteiger partial charge in [-0.2, -0.15) is 5.26 Å². The van der Waals surface area contributed by atoms with E-state index in [1.54, 1.807) is 17.5 Å². The number of methoxy groups -OCH3 is 1. The van der Waals surface area contributed by atoms with E-state index in [-0.39, 0.29) is 0 Å². The highest BCUT2D eigenvalue weighted by atomic mass is 32.1. The Morgan fingerprint density at radius 1 is 1.77 bits per heavy atom. The lowest BCUT2D eigenvalue weighted by Gasteiger charge is -2.06. The predicted molar refractivity (Wildman–Crippen MR) is 46.2 cm³/mol. The summed E-state index contributed by atoms with van der Waals surface area (Å²) in [5.41, 5.74) is 0. The molecule has 5 heteroatoms. The Labute approximate surface area is 79.3 Å². The van der Waals surface area contributed by atoms with Crippen LogP contribution in [0.5, 0.6) is 0 Å². The van der Waals surface area contributed by atoms with Gasteiger partial charge < -0.3 is 9.47 Å². The monoisotopic (exact) mass is 197 g/mol. The average Bonchev–Trinajstić information content (AvgIpc) is 2.66. The van der Waals surface area contributed by atoms with Crippen LogP contribution in [-0.2, 0) is 9.47 Å². The predicted octanol–water partition coefficient (Wildman–Crippen LogP) is 2.10. The van der Waals surface area contributed by atoms with E-state index in [0.717, 1.165) is 0 Å². The lowest BCUT2D eigenvalue weighted by Crippen LogP contribution is -2.08. The Balaban J connectivity index is 2.66. The molecule has 68 valence electrons. The molecule has 1 heterocycles. The molecule has 0 saturated carbocycles. The molecule has 0 aromatic carbocycles. The first-order valence-electron chi connectivity index (χ1n) is 3.45. The lowest BCUT2D eigenvalue weighted by molar-refractivity contribution is 0.0553. The molecule has 4 nitrogen and oxygen atoms in total. The summed E-state index contributed by atoms with van der Waals surface area (Å²) in [7, 11) is 1.20. The fourth-order valence-corrected chi connectivity index (χ4v) is 1.43. The maximum absolute atomic E-state index is 10.7. The Morgan fingerprint density at radius 3 is 3.00 bits per heavy atom. The van der Waals surface area contributed by atoms with Crippen molar-refractivity contribution in [1.29, 1.82) is 5.26 Å². The quantitative estimate of drug-likeness (QED) is 0.681. The van der Waals surface area contributed by atoms with Gasteiger partial charge in [0.2, 0.25) is 6.10 Å². The van der Waals surface area contributed by atoms with Crippen LogP contribution in [-0.4, -0.2) is 13.3 Å². The summed E-state index contributed by atoms with van der Waals surface area (Å²) in [4.78, 5) is 11.4. The van der Waals surface area contributed by atoms with Crippen LogP contribution in [0.25, 0.3) is 0 Å². The number of carbonyl (C=O) groups is 1. The van der Waals surface area contributed by atoms with Crippen LogP contribution >= 0.6 is 11.3 Å². The zero-order chi connectivity index (χ0) is 9.68. The molecule has 0 N–H and O–H groups in total. The largest absolute Gasteiger partial charge is 0.509 e. The van der Waals surface area contributed by atoms with Crippen LogP contribution in [0, 0.1) is 11.3 Å². The van der Waals surface area contributed by atoms with Crippen molar-refractivity contribution in [1.82, 2.24) is 0 Å². The highest BCUT2D eigenvalue weighted by molar-refractivity contribution is 7.10. The number of hydrogen-bond acceptors (Lipinski definition) is 5. The van der Waals surface area contributed by atoms with E-state index in [4.69, 9.17) is 5.26 Å². The summed E-state index contributed by atoms with van der Waals surface area (Å²) in [6.07, 6.45) is -1.72. The summed E-state index contributed by atoms with van der Waals surface area (Å²) in [5.74, 6) is 0. The first-order valence-corrected chi connectivity index (χ1v) is 4.33. The molecular formula is C8H7NO3S. The smallest absolute Gasteiger partial charge is 0.438 e. The van der Waals surface area contributed by atoms with E-state index >= 15 is 0 Å². The van der Waals surface area contributed by atoms with E-state index in [1.165, 1.54) is 18.4 Å². The minimum Gasteiger partial charge on any atom is -0.438 e. The van der Waals surface area contributed by atoms with Crippen LogP contribution in [0.2, 0.25) is 0 Å². The summed E-state index contributed by atoms with van der Waals surface area (Å²) in [6, 6.07) is 5.36. The van der Waals surface area contributed by atoms with Gasteiger partial charge in [0, 0.05) is 0 Å². The zero-order valence-corrected chi connectivity index (χ0v) is 7.71. The summed E-state index contributed by atoms with van der Waals surface area (Å²) < 4.78 is 8.95. The number of thiophene rings is 1. The molecule has 1 aromatic rings. The van der Waals surface area contributed by atoms with Crippen molar-refractivity contribution in [3.05, 3.63) is 22.4 Å². The Morgan fingerprint density at radius 2 is 2.54 bits per heavy atom. The fraction of sp³-hybridized carbons (Fsp3) is 0.250. The summed E-state index contributed by atoms with van der Waals surface area (Å²) in [5, 5.41) is 10.5. The van der Waals surface area contributed by atoms with Crippen molar-refractivity contribution in [3.8, 4) is 6.07 Å². The van der Waals surface area contributed by atoms with Crippen molar-refractivity contribution in [2.75, 3.05) is 7.11 Å². The van der Waals surface area contributed by atoms with Gasteiger partial charge in [-0.25, -0.2) is 4.79 Å². The number of rotatable bonds is 2. The maximum atomic E-state index is 10.7. The van der Waals surface area contributed by atoms with Crippen LogP contribution in [0.1, 0.15) is 11.0 Å². The first-order chi connectivity index (χ1) is 6.27. The van der Waals surface area contributed by atoms with Gasteiger partial charge >= 0.3 is 6.16 Å².